The summed E-state index contributed by atoms with van der Waals surface area (Å²) in [5.74, 6) is -0.322. The van der Waals surface area contributed by atoms with Crippen LogP contribution in [0.4, 0.5) is 11.4 Å². The second kappa shape index (κ2) is 9.18. The highest BCUT2D eigenvalue weighted by atomic mass is 16.5. The monoisotopic (exact) mass is 436 g/mol. The van der Waals surface area contributed by atoms with Crippen molar-refractivity contribution >= 4 is 28.4 Å². The molecule has 1 aromatic heterocycles. The quantitative estimate of drug-likeness (QED) is 0.663. The van der Waals surface area contributed by atoms with Crippen LogP contribution in [0.15, 0.2) is 57.7 Å². The minimum Gasteiger partial charge on any atom is -0.408 e. The van der Waals surface area contributed by atoms with E-state index < -0.39 is 0 Å². The van der Waals surface area contributed by atoms with Gasteiger partial charge in [0.05, 0.1) is 36.6 Å². The number of ether oxygens (including phenoxy) is 1. The summed E-state index contributed by atoms with van der Waals surface area (Å²) in [6, 6.07) is 15.5. The summed E-state index contributed by atoms with van der Waals surface area (Å²) in [6.45, 7) is 4.90. The van der Waals surface area contributed by atoms with Crippen LogP contribution in [0.25, 0.3) is 11.1 Å². The lowest BCUT2D eigenvalue weighted by Gasteiger charge is -2.32. The maximum atomic E-state index is 12.8. The van der Waals surface area contributed by atoms with Gasteiger partial charge in [-0.25, -0.2) is 4.79 Å². The maximum absolute atomic E-state index is 12.8. The molecule has 0 radical (unpaired) electrons. The number of piperidine rings is 1. The van der Waals surface area contributed by atoms with E-state index in [2.05, 4.69) is 15.1 Å². The van der Waals surface area contributed by atoms with Crippen LogP contribution in [-0.4, -0.2) is 61.3 Å². The second-order valence-corrected chi connectivity index (χ2v) is 8.38. The average molecular weight is 437 g/mol. The molecule has 0 atom stereocenters. The summed E-state index contributed by atoms with van der Waals surface area (Å²) in [6.07, 6.45) is 1.61. The Bertz CT molecular complexity index is 1140. The van der Waals surface area contributed by atoms with Crippen molar-refractivity contribution in [1.29, 1.82) is 0 Å². The van der Waals surface area contributed by atoms with Gasteiger partial charge < -0.3 is 19.4 Å². The number of nitrogens with zero attached hydrogens (tertiary/aromatic N) is 3. The van der Waals surface area contributed by atoms with Gasteiger partial charge in [-0.15, -0.1) is 0 Å². The number of amides is 1. The summed E-state index contributed by atoms with van der Waals surface area (Å²) in [4.78, 5) is 29.6. The first-order chi connectivity index (χ1) is 15.7. The lowest BCUT2D eigenvalue weighted by Crippen LogP contribution is -2.41. The third-order valence-corrected chi connectivity index (χ3v) is 6.34. The number of oxazole rings is 1. The van der Waals surface area contributed by atoms with Gasteiger partial charge in [-0.3, -0.25) is 14.3 Å². The number of likely N-dealkylation sites (tertiary alicyclic amines) is 1. The van der Waals surface area contributed by atoms with Crippen LogP contribution in [0.2, 0.25) is 0 Å². The average Bonchev–Trinajstić information content (AvgIpc) is 3.16. The number of carbonyl (C=O) groups excluding carboxylic acids is 1. The molecule has 168 valence electrons. The normalized spacial score (nSPS) is 18.2. The van der Waals surface area contributed by atoms with Crippen molar-refractivity contribution in [2.24, 2.45) is 0 Å². The highest BCUT2D eigenvalue weighted by molar-refractivity contribution is 5.95. The van der Waals surface area contributed by atoms with Gasteiger partial charge in [0.25, 0.3) is 0 Å². The molecule has 0 spiro atoms. The fourth-order valence-electron chi connectivity index (χ4n) is 4.72. The Morgan fingerprint density at radius 1 is 0.969 bits per heavy atom. The number of benzene rings is 2. The second-order valence-electron chi connectivity index (χ2n) is 8.38. The zero-order valence-corrected chi connectivity index (χ0v) is 18.0. The number of aromatic nitrogens is 1. The number of hydrogen-bond acceptors (Lipinski definition) is 6. The van der Waals surface area contributed by atoms with E-state index >= 15 is 0 Å². The molecule has 5 rings (SSSR count). The van der Waals surface area contributed by atoms with Crippen LogP contribution in [0.1, 0.15) is 18.9 Å². The molecule has 32 heavy (non-hydrogen) atoms. The van der Waals surface area contributed by atoms with E-state index in [0.29, 0.717) is 25.3 Å². The molecule has 2 fully saturated rings. The SMILES string of the molecule is O=C(CN1CCC(n2c(=O)oc3ccccc32)CC1)Nc1ccccc1N1CCOCC1. The number of rotatable bonds is 5. The first-order valence-electron chi connectivity index (χ1n) is 11.2. The Labute approximate surface area is 186 Å². The molecule has 0 unspecified atom stereocenters. The van der Waals surface area contributed by atoms with Gasteiger partial charge in [0.2, 0.25) is 5.91 Å². The number of nitrogens with one attached hydrogen (secondary N) is 1. The van der Waals surface area contributed by atoms with Gasteiger partial charge in [-0.1, -0.05) is 24.3 Å². The third-order valence-electron chi connectivity index (χ3n) is 6.34. The first-order valence-corrected chi connectivity index (χ1v) is 11.2. The molecule has 8 heteroatoms. The minimum absolute atomic E-state index is 0.0184. The van der Waals surface area contributed by atoms with Crippen molar-refractivity contribution in [3.8, 4) is 0 Å². The first kappa shape index (κ1) is 20.8. The Morgan fingerprint density at radius 3 is 2.50 bits per heavy atom. The van der Waals surface area contributed by atoms with Gasteiger partial charge in [0, 0.05) is 32.2 Å². The smallest absolute Gasteiger partial charge is 0.408 e. The Balaban J connectivity index is 1.19. The van der Waals surface area contributed by atoms with E-state index in [1.165, 1.54) is 0 Å². The van der Waals surface area contributed by atoms with Crippen LogP contribution in [0.3, 0.4) is 0 Å². The lowest BCUT2D eigenvalue weighted by atomic mass is 10.0. The van der Waals surface area contributed by atoms with Crippen LogP contribution < -0.4 is 16.0 Å². The van der Waals surface area contributed by atoms with Gasteiger partial charge in [-0.2, -0.15) is 0 Å². The standard InChI is InChI=1S/C24H28N4O4/c29-23(25-19-5-1-2-6-20(19)27-13-15-31-16-14-27)17-26-11-9-18(10-12-26)28-21-7-3-4-8-22(21)32-24(28)30/h1-8,18H,9-17H2,(H,25,29). The van der Waals surface area contributed by atoms with Crippen molar-refractivity contribution in [1.82, 2.24) is 9.47 Å². The molecule has 2 aliphatic heterocycles. The molecule has 1 amide bonds. The van der Waals surface area contributed by atoms with Crippen molar-refractivity contribution < 1.29 is 13.9 Å². The zero-order valence-electron chi connectivity index (χ0n) is 18.0. The predicted molar refractivity (Wildman–Crippen MR) is 123 cm³/mol. The summed E-state index contributed by atoms with van der Waals surface area (Å²) in [7, 11) is 0. The van der Waals surface area contributed by atoms with E-state index in [4.69, 9.17) is 9.15 Å². The van der Waals surface area contributed by atoms with Gasteiger partial charge >= 0.3 is 5.76 Å². The molecule has 0 saturated carbocycles. The number of anilines is 2. The largest absolute Gasteiger partial charge is 0.420 e. The van der Waals surface area contributed by atoms with E-state index in [-0.39, 0.29) is 17.7 Å². The number of para-hydroxylation sites is 4. The predicted octanol–water partition coefficient (Wildman–Crippen LogP) is 2.71. The van der Waals surface area contributed by atoms with Gasteiger partial charge in [0.1, 0.15) is 0 Å². The number of fused-ring (bicyclic) bond motifs is 1. The highest BCUT2D eigenvalue weighted by Crippen LogP contribution is 2.27. The Hall–Kier alpha value is -3.10. The topological polar surface area (TPSA) is 80.0 Å². The zero-order chi connectivity index (χ0) is 21.9. The van der Waals surface area contributed by atoms with E-state index in [9.17, 15) is 9.59 Å². The molecule has 1 N–H and O–H groups in total. The fraction of sp³-hybridized carbons (Fsp3) is 0.417. The molecule has 2 saturated heterocycles. The van der Waals surface area contributed by atoms with Crippen molar-refractivity contribution in [3.05, 3.63) is 59.1 Å². The molecule has 2 aliphatic rings. The van der Waals surface area contributed by atoms with E-state index in [1.54, 1.807) is 4.57 Å². The van der Waals surface area contributed by atoms with Crippen molar-refractivity contribution in [2.45, 2.75) is 18.9 Å². The third kappa shape index (κ3) is 4.28. The Kier molecular flexibility index (Phi) is 5.96. The number of morpholine rings is 1. The van der Waals surface area contributed by atoms with Gasteiger partial charge in [-0.05, 0) is 37.1 Å². The highest BCUT2D eigenvalue weighted by Gasteiger charge is 2.25. The summed E-state index contributed by atoms with van der Waals surface area (Å²) < 4.78 is 12.6. The molecule has 3 aromatic rings. The fourth-order valence-corrected chi connectivity index (χ4v) is 4.72. The van der Waals surface area contributed by atoms with E-state index in [0.717, 1.165) is 55.9 Å². The molecular weight excluding hydrogens is 408 g/mol. The molecule has 0 aliphatic carbocycles. The molecule has 8 nitrogen and oxygen atoms in total. The van der Waals surface area contributed by atoms with Crippen LogP contribution in [-0.2, 0) is 9.53 Å². The van der Waals surface area contributed by atoms with Crippen molar-refractivity contribution in [2.75, 3.05) is 56.2 Å². The lowest BCUT2D eigenvalue weighted by molar-refractivity contribution is -0.117. The summed E-state index contributed by atoms with van der Waals surface area (Å²) >= 11 is 0. The summed E-state index contributed by atoms with van der Waals surface area (Å²) in [5.41, 5.74) is 3.34. The molecule has 0 bridgehead atoms. The van der Waals surface area contributed by atoms with Crippen LogP contribution in [0, 0.1) is 0 Å². The van der Waals surface area contributed by atoms with Crippen LogP contribution in [0.5, 0.6) is 0 Å². The minimum atomic E-state index is -0.304. The molecule has 2 aromatic carbocycles. The molecular formula is C24H28N4O4. The van der Waals surface area contributed by atoms with Gasteiger partial charge in [0.15, 0.2) is 5.58 Å². The summed E-state index contributed by atoms with van der Waals surface area (Å²) in [5, 5.41) is 3.09. The van der Waals surface area contributed by atoms with Crippen molar-refractivity contribution in [3.63, 3.8) is 0 Å². The van der Waals surface area contributed by atoms with Crippen LogP contribution >= 0.6 is 0 Å². The maximum Gasteiger partial charge on any atom is 0.420 e. The van der Waals surface area contributed by atoms with E-state index in [1.807, 2.05) is 48.5 Å². The Morgan fingerprint density at radius 2 is 1.69 bits per heavy atom. The number of hydrogen-bond donors (Lipinski definition) is 1. The molecule has 3 heterocycles. The number of carbonyl (C=O) groups is 1.